The molecule has 7 nitrogen and oxygen atoms in total. The van der Waals surface area contributed by atoms with Crippen molar-refractivity contribution in [2.24, 2.45) is 0 Å². The number of carbonyl (C=O) groups is 2. The molecule has 0 aliphatic heterocycles. The van der Waals surface area contributed by atoms with E-state index in [-0.39, 0.29) is 10.8 Å². The molecule has 2 aliphatic rings. The van der Waals surface area contributed by atoms with Crippen molar-refractivity contribution in [1.82, 2.24) is 5.32 Å². The van der Waals surface area contributed by atoms with Crippen LogP contribution < -0.4 is 10.0 Å². The van der Waals surface area contributed by atoms with E-state index in [4.69, 9.17) is 9.90 Å². The molecule has 36 heavy (non-hydrogen) atoms. The van der Waals surface area contributed by atoms with Crippen LogP contribution in [-0.4, -0.2) is 37.6 Å². The number of rotatable bonds is 7. The van der Waals surface area contributed by atoms with E-state index in [1.807, 2.05) is 31.2 Å². The van der Waals surface area contributed by atoms with Crippen LogP contribution in [-0.2, 0) is 31.4 Å². The quantitative estimate of drug-likeness (QED) is 0.481. The summed E-state index contributed by atoms with van der Waals surface area (Å²) in [6.07, 6.45) is 2.00. The molecule has 0 atom stereocenters. The lowest BCUT2D eigenvalue weighted by molar-refractivity contribution is -0.192. The lowest BCUT2D eigenvalue weighted by Gasteiger charge is -2.20. The lowest BCUT2D eigenvalue weighted by Crippen LogP contribution is -2.40. The average molecular weight is 527 g/mol. The molecule has 0 unspecified atom stereocenters. The van der Waals surface area contributed by atoms with Gasteiger partial charge in [0, 0.05) is 11.7 Å². The van der Waals surface area contributed by atoms with E-state index in [2.05, 4.69) is 10.0 Å². The van der Waals surface area contributed by atoms with Gasteiger partial charge in [-0.3, -0.25) is 9.52 Å². The van der Waals surface area contributed by atoms with E-state index in [1.165, 1.54) is 12.8 Å². The van der Waals surface area contributed by atoms with Gasteiger partial charge < -0.3 is 10.4 Å². The molecule has 11 heteroatoms. The Morgan fingerprint density at radius 3 is 1.97 bits per heavy atom. The molecule has 2 aromatic carbocycles. The molecular weight excluding hydrogens is 497 g/mol. The minimum Gasteiger partial charge on any atom is -0.475 e. The second kappa shape index (κ2) is 10.9. The van der Waals surface area contributed by atoms with Crippen molar-refractivity contribution < 1.29 is 36.3 Å². The summed E-state index contributed by atoms with van der Waals surface area (Å²) < 4.78 is 59.6. The fraction of sp³-hybridized carbons (Fsp3) is 0.440. The van der Waals surface area contributed by atoms with Crippen molar-refractivity contribution in [1.29, 1.82) is 0 Å². The van der Waals surface area contributed by atoms with Crippen LogP contribution in [0.4, 0.5) is 18.9 Å². The Morgan fingerprint density at radius 2 is 1.53 bits per heavy atom. The lowest BCUT2D eigenvalue weighted by atomic mass is 9.94. The van der Waals surface area contributed by atoms with Crippen LogP contribution in [0.25, 0.3) is 0 Å². The van der Waals surface area contributed by atoms with Gasteiger partial charge >= 0.3 is 12.1 Å². The Bertz CT molecular complexity index is 1170. The molecule has 0 spiro atoms. The third-order valence-corrected chi connectivity index (χ3v) is 7.85. The Labute approximate surface area is 208 Å². The molecular formula is C25H29F3N2O5S. The largest absolute Gasteiger partial charge is 0.490 e. The molecule has 2 aromatic rings. The zero-order chi connectivity index (χ0) is 26.6. The summed E-state index contributed by atoms with van der Waals surface area (Å²) in [7, 11) is -3.63. The molecule has 0 heterocycles. The first kappa shape index (κ1) is 27.5. The zero-order valence-electron chi connectivity index (χ0n) is 19.8. The number of carbonyl (C=O) groups excluding carboxylic acids is 1. The van der Waals surface area contributed by atoms with E-state index in [0.29, 0.717) is 11.7 Å². The van der Waals surface area contributed by atoms with E-state index in [9.17, 15) is 26.4 Å². The highest BCUT2D eigenvalue weighted by Crippen LogP contribution is 2.49. The Morgan fingerprint density at radius 1 is 1.00 bits per heavy atom. The van der Waals surface area contributed by atoms with E-state index >= 15 is 0 Å². The van der Waals surface area contributed by atoms with Crippen molar-refractivity contribution in [2.45, 2.75) is 74.4 Å². The van der Waals surface area contributed by atoms with Gasteiger partial charge in [0.2, 0.25) is 5.91 Å². The van der Waals surface area contributed by atoms with Gasteiger partial charge in [-0.15, -0.1) is 0 Å². The maximum Gasteiger partial charge on any atom is 0.490 e. The van der Waals surface area contributed by atoms with Crippen molar-refractivity contribution in [3.8, 4) is 0 Å². The monoisotopic (exact) mass is 526 g/mol. The van der Waals surface area contributed by atoms with Gasteiger partial charge in [0.1, 0.15) is 0 Å². The van der Waals surface area contributed by atoms with Gasteiger partial charge in [0.05, 0.1) is 10.3 Å². The molecule has 0 saturated heterocycles. The maximum atomic E-state index is 12.8. The molecule has 2 fully saturated rings. The predicted molar refractivity (Wildman–Crippen MR) is 128 cm³/mol. The van der Waals surface area contributed by atoms with Gasteiger partial charge in [0.25, 0.3) is 10.0 Å². The summed E-state index contributed by atoms with van der Waals surface area (Å²) in [5.74, 6) is -2.64. The summed E-state index contributed by atoms with van der Waals surface area (Å²) in [5, 5.41) is 10.3. The third kappa shape index (κ3) is 6.77. The molecule has 2 saturated carbocycles. The van der Waals surface area contributed by atoms with Crippen LogP contribution >= 0.6 is 0 Å². The summed E-state index contributed by atoms with van der Waals surface area (Å²) >= 11 is 0. The van der Waals surface area contributed by atoms with E-state index < -0.39 is 27.6 Å². The average Bonchev–Trinajstić information content (AvgIpc) is 3.49. The summed E-state index contributed by atoms with van der Waals surface area (Å²) in [4.78, 5) is 22.0. The molecule has 196 valence electrons. The summed E-state index contributed by atoms with van der Waals surface area (Å²) in [6.45, 7) is 2.03. The van der Waals surface area contributed by atoms with E-state index in [1.54, 1.807) is 24.3 Å². The molecule has 0 radical (unpaired) electrons. The van der Waals surface area contributed by atoms with Crippen molar-refractivity contribution >= 4 is 27.6 Å². The fourth-order valence-corrected chi connectivity index (χ4v) is 5.20. The van der Waals surface area contributed by atoms with Gasteiger partial charge in [-0.2, -0.15) is 13.2 Å². The number of hydrogen-bond donors (Lipinski definition) is 3. The van der Waals surface area contributed by atoms with Crippen LogP contribution in [0.1, 0.15) is 56.6 Å². The number of amides is 1. The van der Waals surface area contributed by atoms with Crippen LogP contribution in [0, 0.1) is 0 Å². The first-order valence-corrected chi connectivity index (χ1v) is 13.2. The number of sulfonamides is 1. The Hall–Kier alpha value is -3.08. The van der Waals surface area contributed by atoms with Crippen LogP contribution in [0.2, 0.25) is 0 Å². The van der Waals surface area contributed by atoms with Gasteiger partial charge in [0.15, 0.2) is 0 Å². The zero-order valence-corrected chi connectivity index (χ0v) is 20.6. The number of anilines is 1. The Balaban J connectivity index is 0.000000454. The van der Waals surface area contributed by atoms with Crippen molar-refractivity contribution in [3.05, 3.63) is 59.7 Å². The normalized spacial score (nSPS) is 17.0. The van der Waals surface area contributed by atoms with Gasteiger partial charge in [-0.1, -0.05) is 44.0 Å². The van der Waals surface area contributed by atoms with E-state index in [0.717, 1.165) is 43.2 Å². The smallest absolute Gasteiger partial charge is 0.475 e. The number of nitrogens with one attached hydrogen (secondary N) is 2. The molecule has 1 amide bonds. The second-order valence-electron chi connectivity index (χ2n) is 9.02. The highest BCUT2D eigenvalue weighted by molar-refractivity contribution is 7.92. The third-order valence-electron chi connectivity index (χ3n) is 6.45. The number of carboxylic acids is 1. The number of hydrogen-bond acceptors (Lipinski definition) is 4. The number of aliphatic carboxylic acids is 1. The molecule has 2 aliphatic carbocycles. The first-order chi connectivity index (χ1) is 16.9. The molecule has 0 aromatic heterocycles. The van der Waals surface area contributed by atoms with Crippen LogP contribution in [0.5, 0.6) is 0 Å². The second-order valence-corrected chi connectivity index (χ2v) is 10.7. The highest BCUT2D eigenvalue weighted by atomic mass is 32.2. The number of halogens is 3. The van der Waals surface area contributed by atoms with Gasteiger partial charge in [-0.05, 0) is 67.5 Å². The standard InChI is InChI=1S/C23H28N2O3S.C2HF3O2/c1-2-17-7-13-21(14-8-17)29(27,28)25-20-11-9-18(10-12-20)23(15-16-23)22(26)24-19-5-3-4-6-19;3-2(4,5)1(6)7/h7-14,19,25H,2-6,15-16H2,1H3,(H,24,26);(H,6,7). The highest BCUT2D eigenvalue weighted by Gasteiger charge is 2.51. The minimum absolute atomic E-state index is 0.119. The molecule has 0 bridgehead atoms. The number of benzene rings is 2. The van der Waals surface area contributed by atoms with Crippen molar-refractivity contribution in [2.75, 3.05) is 4.72 Å². The molecule has 3 N–H and O–H groups in total. The minimum atomic E-state index is -5.08. The number of carboxylic acid groups (broad SMARTS) is 1. The number of aryl methyl sites for hydroxylation is 1. The Kier molecular flexibility index (Phi) is 8.33. The number of alkyl halides is 3. The summed E-state index contributed by atoms with van der Waals surface area (Å²) in [6, 6.07) is 14.5. The van der Waals surface area contributed by atoms with Crippen LogP contribution in [0.3, 0.4) is 0 Å². The van der Waals surface area contributed by atoms with Gasteiger partial charge in [-0.25, -0.2) is 13.2 Å². The predicted octanol–water partition coefficient (Wildman–Crippen LogP) is 4.77. The fourth-order valence-electron chi connectivity index (χ4n) is 4.14. The maximum absolute atomic E-state index is 12.8. The van der Waals surface area contributed by atoms with Crippen LogP contribution in [0.15, 0.2) is 53.4 Å². The topological polar surface area (TPSA) is 113 Å². The SMILES string of the molecule is CCc1ccc(S(=O)(=O)Nc2ccc(C3(C(=O)NC4CCCC4)CC3)cc2)cc1.O=C(O)C(F)(F)F. The van der Waals surface area contributed by atoms with Crippen molar-refractivity contribution in [3.63, 3.8) is 0 Å². The first-order valence-electron chi connectivity index (χ1n) is 11.7. The summed E-state index contributed by atoms with van der Waals surface area (Å²) in [5.41, 5.74) is 2.12. The molecule has 4 rings (SSSR count).